The summed E-state index contributed by atoms with van der Waals surface area (Å²) >= 11 is 0. The number of fused-ring (bicyclic) bond motifs is 6. The van der Waals surface area contributed by atoms with Crippen LogP contribution in [0.15, 0.2) is 122 Å². The normalized spacial score (nSPS) is 19.9. The van der Waals surface area contributed by atoms with E-state index >= 15 is 0 Å². The van der Waals surface area contributed by atoms with E-state index in [-0.39, 0.29) is 89.9 Å². The third kappa shape index (κ3) is 8.29. The smallest absolute Gasteiger partial charge is 0.746 e. The predicted octanol–water partition coefficient (Wildman–Crippen LogP) is 5.48. The van der Waals surface area contributed by atoms with Gasteiger partial charge in [0.1, 0.15) is 15.5 Å². The molecule has 0 aromatic heterocycles. The van der Waals surface area contributed by atoms with Crippen molar-refractivity contribution in [3.8, 4) is 23.0 Å². The van der Waals surface area contributed by atoms with Gasteiger partial charge in [0.2, 0.25) is 0 Å². The van der Waals surface area contributed by atoms with Crippen LogP contribution in [0.3, 0.4) is 0 Å². The Morgan fingerprint density at radius 1 is 0.615 bits per heavy atom. The molecule has 0 saturated heterocycles. The number of benzene rings is 6. The standard InChI is InChI=1S/C50H46N4O9S.Na/c1-29-42-21-36(34-15-13-30-9-4-6-11-32(30)19-34)27-53(42)49(55)38-23-44(60-2)46(25-40(38)51-29)62-17-8-18-63-47-26-41-39(24-45(47)61-3)50(56)54-28-37(22-43(54)48(52-41)64(57,58)59)35-16-14-31-10-5-7-12-33(31)20-35;/h4-7,9-16,19-20,23-29,42-43,48,51-52H,8,17-18,21-22H2,1-3H3,(H,57,58,59);/q;+1/p-1/t29?,42-,43-,48?;/m0./s1. The van der Waals surface area contributed by atoms with E-state index in [0.717, 1.165) is 38.4 Å². The molecule has 4 aliphatic rings. The topological polar surface area (TPSA) is 159 Å². The van der Waals surface area contributed by atoms with Crippen molar-refractivity contribution in [2.24, 2.45) is 0 Å². The fraction of sp³-hybridized carbons (Fsp3) is 0.240. The van der Waals surface area contributed by atoms with Crippen molar-refractivity contribution >= 4 is 66.0 Å². The van der Waals surface area contributed by atoms with E-state index < -0.39 is 27.4 Å². The van der Waals surface area contributed by atoms with Crippen LogP contribution < -0.4 is 59.1 Å². The minimum Gasteiger partial charge on any atom is -0.746 e. The molecule has 4 atom stereocenters. The summed E-state index contributed by atoms with van der Waals surface area (Å²) in [6.07, 6.45) is 4.88. The first kappa shape index (κ1) is 44.2. The first-order valence-electron chi connectivity index (χ1n) is 21.2. The second-order valence-electron chi connectivity index (χ2n) is 16.5. The summed E-state index contributed by atoms with van der Waals surface area (Å²) in [4.78, 5) is 31.4. The van der Waals surface area contributed by atoms with Gasteiger partial charge in [0.25, 0.3) is 11.8 Å². The van der Waals surface area contributed by atoms with Gasteiger partial charge in [-0.05, 0) is 87.8 Å². The number of methoxy groups -OCH3 is 2. The molecular formula is C50H45N4NaO9S. The second kappa shape index (κ2) is 17.7. The summed E-state index contributed by atoms with van der Waals surface area (Å²) in [6, 6.07) is 33.7. The van der Waals surface area contributed by atoms with Crippen molar-refractivity contribution in [1.82, 2.24) is 9.80 Å². The number of carbonyl (C=O) groups excluding carboxylic acids is 2. The Hall–Kier alpha value is -6.03. The molecular weight excluding hydrogens is 856 g/mol. The van der Waals surface area contributed by atoms with Crippen molar-refractivity contribution in [3.05, 3.63) is 144 Å². The first-order chi connectivity index (χ1) is 31.0. The molecule has 0 saturated carbocycles. The van der Waals surface area contributed by atoms with Crippen LogP contribution in [0.5, 0.6) is 23.0 Å². The summed E-state index contributed by atoms with van der Waals surface area (Å²) in [6.45, 7) is 2.45. The molecule has 10 rings (SSSR count). The average molecular weight is 901 g/mol. The van der Waals surface area contributed by atoms with Crippen molar-refractivity contribution in [2.75, 3.05) is 38.1 Å². The van der Waals surface area contributed by atoms with Gasteiger partial charge in [-0.1, -0.05) is 72.8 Å². The molecule has 2 N–H and O–H groups in total. The van der Waals surface area contributed by atoms with Gasteiger partial charge in [-0.3, -0.25) is 9.59 Å². The summed E-state index contributed by atoms with van der Waals surface area (Å²) in [5.74, 6) is 0.760. The third-order valence-corrected chi connectivity index (χ3v) is 13.7. The molecule has 0 spiro atoms. The molecule has 15 heteroatoms. The number of nitrogens with zero attached hydrogens (tertiary/aromatic N) is 2. The molecule has 2 unspecified atom stereocenters. The van der Waals surface area contributed by atoms with E-state index in [0.29, 0.717) is 35.6 Å². The molecule has 326 valence electrons. The zero-order chi connectivity index (χ0) is 44.3. The Morgan fingerprint density at radius 3 is 1.57 bits per heavy atom. The van der Waals surface area contributed by atoms with E-state index in [4.69, 9.17) is 18.9 Å². The van der Waals surface area contributed by atoms with Crippen LogP contribution in [0, 0.1) is 0 Å². The summed E-state index contributed by atoms with van der Waals surface area (Å²) in [7, 11) is -1.97. The van der Waals surface area contributed by atoms with E-state index in [2.05, 4.69) is 47.9 Å². The maximum Gasteiger partial charge on any atom is 1.00 e. The number of hydrogen-bond acceptors (Lipinski definition) is 11. The molecule has 4 heterocycles. The monoisotopic (exact) mass is 900 g/mol. The van der Waals surface area contributed by atoms with Crippen molar-refractivity contribution in [1.29, 1.82) is 0 Å². The SMILES string of the molecule is COc1cc2c(cc1OCCCOc1cc3c(cc1OC)C(=O)N1C=C(c4ccc5ccccc5c4)C[C@H]1C(S(=O)(=O)[O-])N3)NC(C)[C@@H]1CC(c3ccc4ccccc4c3)=CN1C2=O.[Na+]. The van der Waals surface area contributed by atoms with Gasteiger partial charge in [-0.2, -0.15) is 0 Å². The largest absolute Gasteiger partial charge is 1.00 e. The molecule has 4 aliphatic heterocycles. The minimum atomic E-state index is -4.95. The number of rotatable bonds is 11. The van der Waals surface area contributed by atoms with Gasteiger partial charge < -0.3 is 43.9 Å². The average Bonchev–Trinajstić information content (AvgIpc) is 3.91. The Bertz CT molecular complexity index is 3070. The molecule has 0 radical (unpaired) electrons. The maximum atomic E-state index is 14.1. The molecule has 0 fully saturated rings. The Morgan fingerprint density at radius 2 is 1.08 bits per heavy atom. The summed E-state index contributed by atoms with van der Waals surface area (Å²) < 4.78 is 62.1. The number of amides is 2. The van der Waals surface area contributed by atoms with Crippen LogP contribution in [0.1, 0.15) is 58.0 Å². The quantitative estimate of drug-likeness (QED) is 0.0964. The number of hydrogen-bond donors (Lipinski definition) is 2. The Kier molecular flexibility index (Phi) is 12.1. The van der Waals surface area contributed by atoms with Crippen LogP contribution in [-0.4, -0.2) is 85.5 Å². The minimum absolute atomic E-state index is 0. The van der Waals surface area contributed by atoms with Gasteiger partial charge in [-0.25, -0.2) is 8.42 Å². The number of nitrogens with one attached hydrogen (secondary N) is 2. The van der Waals surface area contributed by atoms with Crippen LogP contribution >= 0.6 is 0 Å². The van der Waals surface area contributed by atoms with Crippen molar-refractivity contribution in [3.63, 3.8) is 0 Å². The van der Waals surface area contributed by atoms with E-state index in [1.54, 1.807) is 18.3 Å². The van der Waals surface area contributed by atoms with E-state index in [1.165, 1.54) is 36.6 Å². The van der Waals surface area contributed by atoms with Gasteiger partial charge in [0.15, 0.2) is 23.0 Å². The van der Waals surface area contributed by atoms with Gasteiger partial charge in [0.05, 0.1) is 62.0 Å². The van der Waals surface area contributed by atoms with Crippen LogP contribution in [0.25, 0.3) is 32.7 Å². The Balaban J connectivity index is 0.00000533. The molecule has 6 aromatic carbocycles. The number of carbonyl (C=O) groups is 2. The zero-order valence-electron chi connectivity index (χ0n) is 36.4. The van der Waals surface area contributed by atoms with Crippen molar-refractivity contribution in [2.45, 2.75) is 49.7 Å². The van der Waals surface area contributed by atoms with Gasteiger partial charge in [-0.15, -0.1) is 0 Å². The van der Waals surface area contributed by atoms with E-state index in [1.807, 2.05) is 65.7 Å². The van der Waals surface area contributed by atoms with E-state index in [9.17, 15) is 22.6 Å². The fourth-order valence-corrected chi connectivity index (χ4v) is 10.2. The second-order valence-corrected chi connectivity index (χ2v) is 18.0. The van der Waals surface area contributed by atoms with Gasteiger partial charge >= 0.3 is 29.6 Å². The molecule has 13 nitrogen and oxygen atoms in total. The third-order valence-electron chi connectivity index (χ3n) is 12.7. The fourth-order valence-electron chi connectivity index (χ4n) is 9.35. The van der Waals surface area contributed by atoms with Gasteiger partial charge in [0, 0.05) is 37.0 Å². The summed E-state index contributed by atoms with van der Waals surface area (Å²) in [5.41, 5.74) is 5.18. The Labute approximate surface area is 399 Å². The number of anilines is 2. The maximum absolute atomic E-state index is 14.1. The molecule has 0 bridgehead atoms. The summed E-state index contributed by atoms with van der Waals surface area (Å²) in [5, 5.41) is 9.18. The number of ether oxygens (including phenoxy) is 4. The van der Waals surface area contributed by atoms with Crippen LogP contribution in [-0.2, 0) is 10.1 Å². The predicted molar refractivity (Wildman–Crippen MR) is 245 cm³/mol. The molecule has 6 aromatic rings. The zero-order valence-corrected chi connectivity index (χ0v) is 39.2. The van der Waals surface area contributed by atoms with Crippen LogP contribution in [0.2, 0.25) is 0 Å². The van der Waals surface area contributed by atoms with Crippen LogP contribution in [0.4, 0.5) is 11.4 Å². The first-order valence-corrected chi connectivity index (χ1v) is 22.7. The molecule has 2 amide bonds. The molecule has 0 aliphatic carbocycles. The van der Waals surface area contributed by atoms with Crippen molar-refractivity contribution < 1.29 is 71.1 Å². The molecule has 65 heavy (non-hydrogen) atoms.